The lowest BCUT2D eigenvalue weighted by Gasteiger charge is -2.48. The highest BCUT2D eigenvalue weighted by Gasteiger charge is 2.68. The highest BCUT2D eigenvalue weighted by molar-refractivity contribution is 6.81. The lowest BCUT2D eigenvalue weighted by atomic mass is 9.56. The first-order valence-corrected chi connectivity index (χ1v) is 30.2. The van der Waals surface area contributed by atoms with E-state index in [1.807, 2.05) is 0 Å². The predicted molar refractivity (Wildman–Crippen MR) is 325 cm³/mol. The monoisotopic (exact) mass is 962 g/mol. The van der Waals surface area contributed by atoms with E-state index in [4.69, 9.17) is 4.74 Å². The fourth-order valence-electron chi connectivity index (χ4n) is 26.0. The van der Waals surface area contributed by atoms with E-state index in [1.165, 1.54) is 95.0 Å². The molecule has 32 rings (SSSR count). The maximum absolute atomic E-state index is 15.9. The lowest BCUT2D eigenvalue weighted by Crippen LogP contribution is -2.45. The van der Waals surface area contributed by atoms with Gasteiger partial charge in [-0.05, 0) is 304 Å². The van der Waals surface area contributed by atoms with Gasteiger partial charge in [-0.2, -0.15) is 0 Å². The van der Waals surface area contributed by atoms with Gasteiger partial charge in [0, 0.05) is 33.9 Å². The molecule has 2 nitrogen and oxygen atoms in total. The van der Waals surface area contributed by atoms with Gasteiger partial charge in [-0.15, -0.1) is 0 Å². The van der Waals surface area contributed by atoms with Gasteiger partial charge in [0.25, 0.3) is 0 Å². The van der Waals surface area contributed by atoms with E-state index < -0.39 is 5.60 Å². The van der Waals surface area contributed by atoms with Crippen molar-refractivity contribution >= 4 is 286 Å². The highest BCUT2D eigenvalue weighted by atomic mass is 16.6. The molecule has 0 N–H and O–H groups in total. The van der Waals surface area contributed by atoms with Crippen LogP contribution in [0.5, 0.6) is 0 Å². The molecular weight excluding hydrogens is 933 g/mol. The highest BCUT2D eigenvalue weighted by Crippen LogP contribution is 2.84. The van der Waals surface area contributed by atoms with Crippen molar-refractivity contribution in [2.45, 2.75) is 102 Å². The molecule has 0 bridgehead atoms. The van der Waals surface area contributed by atoms with Crippen molar-refractivity contribution in [2.24, 2.45) is 0 Å². The quantitative estimate of drug-likeness (QED) is 0.0654. The van der Waals surface area contributed by atoms with Crippen LogP contribution in [0, 0.1) is 0 Å². The predicted octanol–water partition coefficient (Wildman–Crippen LogP) is 21.2. The van der Waals surface area contributed by atoms with Crippen molar-refractivity contribution in [2.75, 3.05) is 0 Å². The molecule has 0 amide bonds. The molecule has 27 aromatic rings. The number of carbonyl (C=O) groups excluding carboxylic acids is 1. The van der Waals surface area contributed by atoms with Crippen molar-refractivity contribution in [3.05, 3.63) is 33.4 Å². The summed E-state index contributed by atoms with van der Waals surface area (Å²) in [4.78, 5) is 15.9. The SMILES string of the molecule is CCCCCCCC(=O)OC12c3c4c5c6c7c8c9c%10c(c1c1c%11c2c2c%12c3c5c3c5c6c6c7c7c9c9c%13c%10c1c1c%10c%11c%11c2c2c%12c3c3c5c5c6c6c7c9c7c(c%131)c1c%10c%11c9c2c3c2c9c1c7c6c52)C48CCCCCCC. The Morgan fingerprint density at radius 2 is 0.468 bits per heavy atom. The summed E-state index contributed by atoms with van der Waals surface area (Å²) in [6, 6.07) is 0. The van der Waals surface area contributed by atoms with E-state index in [9.17, 15) is 0 Å². The van der Waals surface area contributed by atoms with E-state index in [0.717, 1.165) is 19.3 Å². The van der Waals surface area contributed by atoms with Gasteiger partial charge in [-0.1, -0.05) is 71.6 Å². The van der Waals surface area contributed by atoms with E-state index in [2.05, 4.69) is 13.8 Å². The zero-order valence-corrected chi connectivity index (χ0v) is 41.8. The zero-order chi connectivity index (χ0) is 47.3. The van der Waals surface area contributed by atoms with Crippen molar-refractivity contribution in [1.82, 2.24) is 0 Å². The third kappa shape index (κ3) is 2.00. The molecule has 342 valence electrons. The van der Waals surface area contributed by atoms with Crippen LogP contribution in [0.15, 0.2) is 0 Å². The minimum absolute atomic E-state index is 0.0233. The summed E-state index contributed by atoms with van der Waals surface area (Å²) in [5.74, 6) is 0.0233. The maximum Gasteiger partial charge on any atom is 0.307 e. The molecule has 5 aliphatic rings. The van der Waals surface area contributed by atoms with Gasteiger partial charge >= 0.3 is 5.97 Å². The largest absolute Gasteiger partial charge is 0.444 e. The van der Waals surface area contributed by atoms with Crippen LogP contribution in [0.25, 0.3) is 280 Å². The molecule has 5 aliphatic carbocycles. The first kappa shape index (κ1) is 32.5. The van der Waals surface area contributed by atoms with Crippen LogP contribution in [-0.4, -0.2) is 5.97 Å². The third-order valence-electron chi connectivity index (χ3n) is 26.7. The second kappa shape index (κ2) is 8.09. The molecule has 2 heteroatoms. The topological polar surface area (TPSA) is 26.3 Å². The van der Waals surface area contributed by atoms with Crippen molar-refractivity contribution in [3.8, 4) is 0 Å². The van der Waals surface area contributed by atoms with E-state index in [1.54, 1.807) is 270 Å². The first-order valence-electron chi connectivity index (χ1n) is 30.2. The summed E-state index contributed by atoms with van der Waals surface area (Å²) in [7, 11) is 0. The Morgan fingerprint density at radius 1 is 0.247 bits per heavy atom. The van der Waals surface area contributed by atoms with Gasteiger partial charge in [-0.25, -0.2) is 0 Å². The second-order valence-electron chi connectivity index (χ2n) is 28.1. The first-order chi connectivity index (χ1) is 38.2. The van der Waals surface area contributed by atoms with Gasteiger partial charge in [0.1, 0.15) is 0 Å². The molecule has 0 heterocycles. The Labute approximate surface area is 428 Å². The summed E-state index contributed by atoms with van der Waals surface area (Å²) in [6.45, 7) is 4.68. The molecule has 0 spiro atoms. The minimum Gasteiger partial charge on any atom is -0.444 e. The van der Waals surface area contributed by atoms with Crippen LogP contribution in [0.3, 0.4) is 0 Å². The fraction of sp³-hybridized carbons (Fsp3) is 0.213. The maximum atomic E-state index is 15.9. The van der Waals surface area contributed by atoms with Crippen LogP contribution in [0.2, 0.25) is 0 Å². The van der Waals surface area contributed by atoms with Crippen LogP contribution in [-0.2, 0) is 20.5 Å². The fourth-order valence-corrected chi connectivity index (χ4v) is 26.0. The Kier molecular flexibility index (Phi) is 3.42. The number of carbonyl (C=O) groups is 1. The Bertz CT molecular complexity index is 7350. The molecule has 0 aromatic heterocycles. The van der Waals surface area contributed by atoms with E-state index in [-0.39, 0.29) is 11.4 Å². The van der Waals surface area contributed by atoms with Gasteiger partial charge in [0.15, 0.2) is 5.60 Å². The molecule has 2 atom stereocenters. The average Bonchev–Trinajstić information content (AvgIpc) is 3.46. The summed E-state index contributed by atoms with van der Waals surface area (Å²) < 4.78 is 8.23. The number of esters is 1. The van der Waals surface area contributed by atoms with Crippen molar-refractivity contribution < 1.29 is 9.53 Å². The van der Waals surface area contributed by atoms with Gasteiger partial charge in [0.05, 0.1) is 0 Å². The summed E-state index contributed by atoms with van der Waals surface area (Å²) in [6.07, 6.45) is 13.5. The van der Waals surface area contributed by atoms with Crippen LogP contribution >= 0.6 is 0 Å². The smallest absolute Gasteiger partial charge is 0.307 e. The average molecular weight is 963 g/mol. The standard InChI is InChI=1S/C75H30O2/c1-3-5-7-9-11-13-15(76)77-75-69-61-52-45-32-25-19-18-20-16-17-21(19)30(32)36-34-23(17)26-22(16)33-35-29(20)31-24(18)27-28(25)39-46-38(27)47-44(31)51-49(35)53-40(33)42-37(26)43-41(34)54(50(36)52)65(69)67-56(43)55(42)66-64(53)68-60(51)57(47)62-59(46)63(58(61)48(39)45)72(75)70(62)74(68,71(66)73(67)75)14-12-10-8-6-4-2/h3-14H2,1-2H3. The molecule has 0 saturated carbocycles. The molecule has 0 fully saturated rings. The van der Waals surface area contributed by atoms with Crippen molar-refractivity contribution in [1.29, 1.82) is 0 Å². The zero-order valence-electron chi connectivity index (χ0n) is 41.8. The van der Waals surface area contributed by atoms with E-state index >= 15 is 4.79 Å². The number of benzene rings is 17. The summed E-state index contributed by atoms with van der Waals surface area (Å²) in [5, 5.41) is 83.1. The van der Waals surface area contributed by atoms with Crippen molar-refractivity contribution in [3.63, 3.8) is 0 Å². The molecule has 27 aromatic carbocycles. The number of unbranched alkanes of at least 4 members (excludes halogenated alkanes) is 8. The number of ether oxygens (including phenoxy) is 1. The molecular formula is C75H30O2. The lowest BCUT2D eigenvalue weighted by molar-refractivity contribution is -0.153. The summed E-state index contributed by atoms with van der Waals surface area (Å²) >= 11 is 0. The van der Waals surface area contributed by atoms with Gasteiger partial charge < -0.3 is 4.74 Å². The molecule has 2 unspecified atom stereocenters. The third-order valence-corrected chi connectivity index (χ3v) is 26.7. The molecule has 0 radical (unpaired) electrons. The summed E-state index contributed by atoms with van der Waals surface area (Å²) in [5.41, 5.74) is 7.85. The number of hydrogen-bond acceptors (Lipinski definition) is 2. The number of hydrogen-bond donors (Lipinski definition) is 0. The normalized spacial score (nSPS) is 20.9. The minimum atomic E-state index is -1.02. The Hall–Kier alpha value is -8.07. The van der Waals surface area contributed by atoms with Crippen LogP contribution in [0.4, 0.5) is 0 Å². The number of rotatable bonds is 13. The van der Waals surface area contributed by atoms with Gasteiger partial charge in [0.2, 0.25) is 0 Å². The second-order valence-corrected chi connectivity index (χ2v) is 28.1. The van der Waals surface area contributed by atoms with Crippen LogP contribution < -0.4 is 0 Å². The molecule has 0 saturated heterocycles. The molecule has 77 heavy (non-hydrogen) atoms. The molecule has 0 aliphatic heterocycles. The van der Waals surface area contributed by atoms with Gasteiger partial charge in [-0.3, -0.25) is 4.79 Å². The van der Waals surface area contributed by atoms with E-state index in [0.29, 0.717) is 6.42 Å². The Morgan fingerprint density at radius 3 is 0.818 bits per heavy atom. The van der Waals surface area contributed by atoms with Crippen LogP contribution in [0.1, 0.15) is 124 Å². The Balaban J connectivity index is 1.04.